The van der Waals surface area contributed by atoms with Gasteiger partial charge in [-0.15, -0.1) is 0 Å². The average Bonchev–Trinajstić information content (AvgIpc) is 2.90. The first-order valence-electron chi connectivity index (χ1n) is 10.3. The van der Waals surface area contributed by atoms with Gasteiger partial charge in [0.2, 0.25) is 5.91 Å². The van der Waals surface area contributed by atoms with Crippen molar-refractivity contribution in [3.63, 3.8) is 0 Å². The second kappa shape index (κ2) is 10.1. The molecule has 2 aromatic carbocycles. The Hall–Kier alpha value is -2.56. The lowest BCUT2D eigenvalue weighted by molar-refractivity contribution is -0.119. The highest BCUT2D eigenvalue weighted by Gasteiger charge is 2.17. The summed E-state index contributed by atoms with van der Waals surface area (Å²) in [5, 5.41) is 3.04. The van der Waals surface area contributed by atoms with E-state index >= 15 is 0 Å². The van der Waals surface area contributed by atoms with E-state index < -0.39 is 0 Å². The number of para-hydroxylation sites is 1. The molecule has 0 aromatic heterocycles. The Balaban J connectivity index is 1.46. The van der Waals surface area contributed by atoms with E-state index in [1.165, 1.54) is 23.7 Å². The molecule has 3 rings (SSSR count). The maximum Gasteiger partial charge on any atom is 0.239 e. The Morgan fingerprint density at radius 3 is 2.86 bits per heavy atom. The molecule has 0 bridgehead atoms. The van der Waals surface area contributed by atoms with Crippen molar-refractivity contribution in [3.05, 3.63) is 59.9 Å². The zero-order valence-corrected chi connectivity index (χ0v) is 16.7. The molecule has 0 fully saturated rings. The van der Waals surface area contributed by atoms with Crippen LogP contribution in [0.2, 0.25) is 0 Å². The summed E-state index contributed by atoms with van der Waals surface area (Å²) < 4.78 is 13.4. The van der Waals surface area contributed by atoms with Gasteiger partial charge in [-0.25, -0.2) is 4.39 Å². The van der Waals surface area contributed by atoms with Gasteiger partial charge >= 0.3 is 0 Å². The number of fused-ring (bicyclic) bond motifs is 1. The number of hydrogen-bond acceptors (Lipinski definition) is 3. The fourth-order valence-corrected chi connectivity index (χ4v) is 3.80. The normalized spacial score (nSPS) is 13.6. The second-order valence-electron chi connectivity index (χ2n) is 7.27. The van der Waals surface area contributed by atoms with Crippen LogP contribution in [0.5, 0.6) is 0 Å². The van der Waals surface area contributed by atoms with Gasteiger partial charge in [0.05, 0.1) is 6.54 Å². The number of benzene rings is 2. The number of carbonyl (C=O) groups is 1. The summed E-state index contributed by atoms with van der Waals surface area (Å²) in [5.74, 6) is -0.160. The zero-order valence-electron chi connectivity index (χ0n) is 16.7. The van der Waals surface area contributed by atoms with Crippen LogP contribution >= 0.6 is 0 Å². The highest BCUT2D eigenvalue weighted by atomic mass is 19.1. The first kappa shape index (κ1) is 20.2. The molecule has 0 unspecified atom stereocenters. The van der Waals surface area contributed by atoms with Gasteiger partial charge in [-0.2, -0.15) is 0 Å². The molecule has 28 heavy (non-hydrogen) atoms. The van der Waals surface area contributed by atoms with Gasteiger partial charge in [-0.1, -0.05) is 24.3 Å². The first-order chi connectivity index (χ1) is 13.7. The van der Waals surface area contributed by atoms with Crippen molar-refractivity contribution in [2.45, 2.75) is 32.6 Å². The number of halogens is 1. The van der Waals surface area contributed by atoms with Crippen LogP contribution in [0.1, 0.15) is 31.7 Å². The Kier molecular flexibility index (Phi) is 7.29. The van der Waals surface area contributed by atoms with Crippen molar-refractivity contribution >= 4 is 17.3 Å². The minimum Gasteiger partial charge on any atom is -0.372 e. The molecule has 0 aliphatic carbocycles. The van der Waals surface area contributed by atoms with Crippen LogP contribution in [0.4, 0.5) is 15.8 Å². The van der Waals surface area contributed by atoms with Crippen LogP contribution in [-0.2, 0) is 11.2 Å². The molecular formula is C23H30FN3O. The second-order valence-corrected chi connectivity index (χ2v) is 7.27. The molecule has 2 aromatic rings. The van der Waals surface area contributed by atoms with Gasteiger partial charge in [0.25, 0.3) is 0 Å². The standard InChI is InChI=1S/C23H30FN3O/c1-2-26(21-12-7-11-20(24)17-21)16-8-14-25-23(28)18-27-15-6-5-10-19-9-3-4-13-22(19)27/h3-4,7,9,11-13,17H,2,5-6,8,10,14-16,18H2,1H3,(H,25,28). The molecule has 1 amide bonds. The Bertz CT molecular complexity index is 780. The maximum absolute atomic E-state index is 13.4. The molecule has 5 heteroatoms. The topological polar surface area (TPSA) is 35.6 Å². The highest BCUT2D eigenvalue weighted by molar-refractivity contribution is 5.81. The summed E-state index contributed by atoms with van der Waals surface area (Å²) in [5.41, 5.74) is 3.41. The van der Waals surface area contributed by atoms with Crippen molar-refractivity contribution < 1.29 is 9.18 Å². The van der Waals surface area contributed by atoms with Crippen LogP contribution in [0.15, 0.2) is 48.5 Å². The summed E-state index contributed by atoms with van der Waals surface area (Å²) in [6.45, 7) is 5.60. The van der Waals surface area contributed by atoms with E-state index in [4.69, 9.17) is 0 Å². The summed E-state index contributed by atoms with van der Waals surface area (Å²) >= 11 is 0. The lowest BCUT2D eigenvalue weighted by Gasteiger charge is -2.25. The lowest BCUT2D eigenvalue weighted by atomic mass is 10.1. The van der Waals surface area contributed by atoms with Crippen LogP contribution in [0, 0.1) is 5.82 Å². The number of anilines is 2. The lowest BCUT2D eigenvalue weighted by Crippen LogP contribution is -2.39. The molecular weight excluding hydrogens is 353 g/mol. The summed E-state index contributed by atoms with van der Waals surface area (Å²) in [4.78, 5) is 16.8. The van der Waals surface area contributed by atoms with Gasteiger partial charge in [-0.05, 0) is 62.4 Å². The summed E-state index contributed by atoms with van der Waals surface area (Å²) in [7, 11) is 0. The highest BCUT2D eigenvalue weighted by Crippen LogP contribution is 2.25. The molecule has 1 heterocycles. The minimum absolute atomic E-state index is 0.0607. The predicted molar refractivity (Wildman–Crippen MR) is 114 cm³/mol. The van der Waals surface area contributed by atoms with Gasteiger partial charge in [0.15, 0.2) is 0 Å². The largest absolute Gasteiger partial charge is 0.372 e. The van der Waals surface area contributed by atoms with Crippen molar-refractivity contribution in [2.24, 2.45) is 0 Å². The monoisotopic (exact) mass is 383 g/mol. The quantitative estimate of drug-likeness (QED) is 0.700. The SMILES string of the molecule is CCN(CCCNC(=O)CN1CCCCc2ccccc21)c1cccc(F)c1. The number of carbonyl (C=O) groups excluding carboxylic acids is 1. The van der Waals surface area contributed by atoms with E-state index in [2.05, 4.69) is 40.2 Å². The van der Waals surface area contributed by atoms with Gasteiger partial charge in [0, 0.05) is 37.6 Å². The number of amides is 1. The van der Waals surface area contributed by atoms with E-state index in [0.29, 0.717) is 13.1 Å². The fraction of sp³-hybridized carbons (Fsp3) is 0.435. The van der Waals surface area contributed by atoms with Crippen molar-refractivity contribution in [1.29, 1.82) is 0 Å². The Morgan fingerprint density at radius 1 is 1.18 bits per heavy atom. The average molecular weight is 384 g/mol. The molecule has 4 nitrogen and oxygen atoms in total. The van der Waals surface area contributed by atoms with Crippen LogP contribution < -0.4 is 15.1 Å². The first-order valence-corrected chi connectivity index (χ1v) is 10.3. The predicted octanol–water partition coefficient (Wildman–Crippen LogP) is 4.00. The molecule has 0 spiro atoms. The van der Waals surface area contributed by atoms with Crippen LogP contribution in [0.3, 0.4) is 0 Å². The third-order valence-electron chi connectivity index (χ3n) is 5.27. The number of nitrogens with one attached hydrogen (secondary N) is 1. The number of hydrogen-bond donors (Lipinski definition) is 1. The van der Waals surface area contributed by atoms with Crippen molar-refractivity contribution in [1.82, 2.24) is 5.32 Å². The Labute approximate surface area is 167 Å². The van der Waals surface area contributed by atoms with Crippen molar-refractivity contribution in [2.75, 3.05) is 42.5 Å². The van der Waals surface area contributed by atoms with Gasteiger partial charge in [-0.3, -0.25) is 4.79 Å². The van der Waals surface area contributed by atoms with E-state index in [1.807, 2.05) is 12.1 Å². The van der Waals surface area contributed by atoms with E-state index in [9.17, 15) is 9.18 Å². The van der Waals surface area contributed by atoms with Crippen molar-refractivity contribution in [3.8, 4) is 0 Å². The minimum atomic E-state index is -0.220. The zero-order chi connectivity index (χ0) is 19.8. The molecule has 150 valence electrons. The number of nitrogens with zero attached hydrogens (tertiary/aromatic N) is 2. The third kappa shape index (κ3) is 5.47. The fourth-order valence-electron chi connectivity index (χ4n) is 3.80. The molecule has 0 radical (unpaired) electrons. The van der Waals surface area contributed by atoms with Gasteiger partial charge in [0.1, 0.15) is 5.82 Å². The van der Waals surface area contributed by atoms with Gasteiger partial charge < -0.3 is 15.1 Å². The summed E-state index contributed by atoms with van der Waals surface area (Å²) in [6, 6.07) is 15.1. The smallest absolute Gasteiger partial charge is 0.239 e. The Morgan fingerprint density at radius 2 is 2.04 bits per heavy atom. The molecule has 1 N–H and O–H groups in total. The molecule has 1 aliphatic rings. The van der Waals surface area contributed by atoms with E-state index in [0.717, 1.165) is 44.6 Å². The summed E-state index contributed by atoms with van der Waals surface area (Å²) in [6.07, 6.45) is 4.19. The number of rotatable bonds is 8. The molecule has 0 atom stereocenters. The maximum atomic E-state index is 13.4. The molecule has 0 saturated heterocycles. The van der Waals surface area contributed by atoms with Crippen LogP contribution in [0.25, 0.3) is 0 Å². The van der Waals surface area contributed by atoms with Crippen LogP contribution in [-0.4, -0.2) is 38.6 Å². The third-order valence-corrected chi connectivity index (χ3v) is 5.27. The van der Waals surface area contributed by atoms with E-state index in [1.54, 1.807) is 12.1 Å². The number of aryl methyl sites for hydroxylation is 1. The van der Waals surface area contributed by atoms with E-state index in [-0.39, 0.29) is 11.7 Å². The molecule has 0 saturated carbocycles. The molecule has 1 aliphatic heterocycles.